The number of nitrogens with one attached hydrogen (secondary N) is 2. The Morgan fingerprint density at radius 3 is 2.71 bits per heavy atom. The number of anilines is 1. The molecule has 1 saturated heterocycles. The van der Waals surface area contributed by atoms with Crippen molar-refractivity contribution in [2.24, 2.45) is 11.8 Å². The maximum atomic E-state index is 13.9. The first-order valence-corrected chi connectivity index (χ1v) is 8.77. The van der Waals surface area contributed by atoms with Crippen LogP contribution in [0.3, 0.4) is 0 Å². The monoisotopic (exact) mass is 418 g/mol. The molecule has 0 radical (unpaired) electrons. The first kappa shape index (κ1) is 20.3. The highest BCUT2D eigenvalue weighted by molar-refractivity contribution is 6.21. The van der Waals surface area contributed by atoms with Crippen LogP contribution in [0.5, 0.6) is 5.75 Å². The number of benzene rings is 1. The van der Waals surface area contributed by atoms with Crippen LogP contribution in [0.15, 0.2) is 30.0 Å². The van der Waals surface area contributed by atoms with Crippen molar-refractivity contribution in [2.75, 3.05) is 26.0 Å². The number of nitrogens with zero attached hydrogens (tertiary/aromatic N) is 2. The third kappa shape index (κ3) is 3.88. The normalized spacial score (nSPS) is 24.8. The zero-order valence-corrected chi connectivity index (χ0v) is 15.7. The van der Waals surface area contributed by atoms with Crippen molar-refractivity contribution in [1.82, 2.24) is 15.3 Å². The van der Waals surface area contributed by atoms with Crippen molar-refractivity contribution in [3.05, 3.63) is 35.8 Å². The Kier molecular flexibility index (Phi) is 5.71. The predicted molar refractivity (Wildman–Crippen MR) is 94.9 cm³/mol. The second-order valence-electron chi connectivity index (χ2n) is 6.47. The summed E-state index contributed by atoms with van der Waals surface area (Å²) in [5.41, 5.74) is 2.80. The molecule has 0 bridgehead atoms. The van der Waals surface area contributed by atoms with Crippen LogP contribution in [0.2, 0.25) is 0 Å². The number of amides is 2. The molecule has 2 aliphatic rings. The molecule has 3 atom stereocenters. The summed E-state index contributed by atoms with van der Waals surface area (Å²) in [5.74, 6) is -4.70. The van der Waals surface area contributed by atoms with Gasteiger partial charge in [0, 0.05) is 32.3 Å². The number of hydrogen-bond donors (Lipinski definition) is 2. The van der Waals surface area contributed by atoms with E-state index in [1.165, 1.54) is 17.0 Å². The molecule has 11 heteroatoms. The Hall–Kier alpha value is -2.46. The fourth-order valence-corrected chi connectivity index (χ4v) is 3.69. The number of carbonyl (C=O) groups is 2. The van der Waals surface area contributed by atoms with Crippen molar-refractivity contribution in [1.29, 1.82) is 0 Å². The number of hydrogen-bond acceptors (Lipinski definition) is 5. The molecule has 2 heterocycles. The largest absolute Gasteiger partial charge is 0.429 e. The highest BCUT2D eigenvalue weighted by atomic mass is 35.5. The van der Waals surface area contributed by atoms with E-state index in [4.69, 9.17) is 11.6 Å². The Morgan fingerprint density at radius 1 is 1.39 bits per heavy atom. The van der Waals surface area contributed by atoms with E-state index in [0.29, 0.717) is 5.70 Å². The van der Waals surface area contributed by atoms with Crippen LogP contribution in [-0.2, 0) is 9.59 Å². The molecule has 0 aliphatic carbocycles. The van der Waals surface area contributed by atoms with Crippen molar-refractivity contribution in [3.8, 4) is 5.75 Å². The molecule has 0 saturated carbocycles. The zero-order valence-electron chi connectivity index (χ0n) is 15.0. The molecule has 1 aromatic carbocycles. The Labute approximate surface area is 164 Å². The molecule has 3 rings (SSSR count). The van der Waals surface area contributed by atoms with Gasteiger partial charge in [0.25, 0.3) is 0 Å². The van der Waals surface area contributed by atoms with E-state index in [2.05, 4.69) is 15.5 Å². The van der Waals surface area contributed by atoms with Gasteiger partial charge in [0.05, 0.1) is 5.69 Å². The summed E-state index contributed by atoms with van der Waals surface area (Å²) in [7, 11) is 3.25. The van der Waals surface area contributed by atoms with Crippen LogP contribution in [0, 0.1) is 17.7 Å². The second kappa shape index (κ2) is 7.88. The van der Waals surface area contributed by atoms with Gasteiger partial charge in [-0.25, -0.2) is 9.82 Å². The van der Waals surface area contributed by atoms with Gasteiger partial charge in [0.1, 0.15) is 11.4 Å². The summed E-state index contributed by atoms with van der Waals surface area (Å²) in [6.45, 7) is -3.01. The lowest BCUT2D eigenvalue weighted by atomic mass is 9.91. The Morgan fingerprint density at radius 2 is 2.11 bits per heavy atom. The maximum Gasteiger partial charge on any atom is 0.387 e. The number of rotatable bonds is 5. The molecular formula is C17H18ClF3N4O3. The lowest BCUT2D eigenvalue weighted by molar-refractivity contribution is -0.135. The van der Waals surface area contributed by atoms with Crippen molar-refractivity contribution < 1.29 is 27.5 Å². The molecule has 0 spiro atoms. The van der Waals surface area contributed by atoms with Gasteiger partial charge >= 0.3 is 6.61 Å². The Balaban J connectivity index is 1.88. The minimum atomic E-state index is -3.27. The number of carbonyl (C=O) groups excluding carboxylic acids is 2. The van der Waals surface area contributed by atoms with Crippen LogP contribution in [0.1, 0.15) is 0 Å². The van der Waals surface area contributed by atoms with Gasteiger partial charge in [-0.1, -0.05) is 17.7 Å². The van der Waals surface area contributed by atoms with Crippen molar-refractivity contribution in [3.63, 3.8) is 0 Å². The molecule has 1 unspecified atom stereocenters. The van der Waals surface area contributed by atoms with Gasteiger partial charge in [-0.2, -0.15) is 8.78 Å². The van der Waals surface area contributed by atoms with Crippen LogP contribution in [0.4, 0.5) is 18.9 Å². The van der Waals surface area contributed by atoms with Gasteiger partial charge in [-0.05, 0) is 18.2 Å². The Bertz CT molecular complexity index is 823. The minimum Gasteiger partial charge on any atom is -0.429 e. The third-order valence-electron chi connectivity index (χ3n) is 4.63. The first-order chi connectivity index (χ1) is 13.2. The molecule has 2 amide bonds. The molecule has 0 aromatic heterocycles. The number of likely N-dealkylation sites (tertiary alicyclic amines) is 1. The lowest BCUT2D eigenvalue weighted by Crippen LogP contribution is -2.38. The lowest BCUT2D eigenvalue weighted by Gasteiger charge is -2.24. The summed E-state index contributed by atoms with van der Waals surface area (Å²) in [4.78, 5) is 26.8. The number of hydrazine groups is 1. The molecule has 2 aliphatic heterocycles. The fourth-order valence-electron chi connectivity index (χ4n) is 3.42. The van der Waals surface area contributed by atoms with E-state index >= 15 is 0 Å². The molecule has 28 heavy (non-hydrogen) atoms. The topological polar surface area (TPSA) is 73.9 Å². The van der Waals surface area contributed by atoms with E-state index in [1.54, 1.807) is 25.2 Å². The molecule has 1 aromatic rings. The van der Waals surface area contributed by atoms with Crippen molar-refractivity contribution >= 4 is 29.1 Å². The third-order valence-corrected chi connectivity index (χ3v) is 4.85. The number of alkyl halides is 3. The zero-order chi connectivity index (χ0) is 20.6. The summed E-state index contributed by atoms with van der Waals surface area (Å²) in [6, 6.07) is 3.38. The summed E-state index contributed by atoms with van der Waals surface area (Å²) in [6.07, 6.45) is 1.69. The molecule has 7 nitrogen and oxygen atoms in total. The SMILES string of the molecule is CN1C[C@H](C2=CC(Cl)NN2C)[C@@H](C(=O)Nc2cccc(F)c2OC(F)F)C1=O. The van der Waals surface area contributed by atoms with Gasteiger partial charge in [0.2, 0.25) is 11.8 Å². The predicted octanol–water partition coefficient (Wildman–Crippen LogP) is 1.97. The molecule has 2 N–H and O–H groups in total. The second-order valence-corrected chi connectivity index (χ2v) is 6.94. The average molecular weight is 419 g/mol. The maximum absolute atomic E-state index is 13.9. The number of halogens is 4. The smallest absolute Gasteiger partial charge is 0.387 e. The van der Waals surface area contributed by atoms with Crippen LogP contribution >= 0.6 is 11.6 Å². The number of ether oxygens (including phenoxy) is 1. The van der Waals surface area contributed by atoms with Crippen molar-refractivity contribution in [2.45, 2.75) is 12.1 Å². The first-order valence-electron chi connectivity index (χ1n) is 8.34. The molecule has 1 fully saturated rings. The molecule has 152 valence electrons. The van der Waals surface area contributed by atoms with E-state index in [0.717, 1.165) is 6.07 Å². The van der Waals surface area contributed by atoms with Gasteiger partial charge in [-0.3, -0.25) is 9.59 Å². The summed E-state index contributed by atoms with van der Waals surface area (Å²) in [5, 5.41) is 3.97. The van der Waals surface area contributed by atoms with E-state index in [9.17, 15) is 22.8 Å². The van der Waals surface area contributed by atoms with Gasteiger partial charge < -0.3 is 20.0 Å². The molecular weight excluding hydrogens is 401 g/mol. The van der Waals surface area contributed by atoms with Crippen LogP contribution in [0.25, 0.3) is 0 Å². The van der Waals surface area contributed by atoms with Crippen LogP contribution in [-0.4, -0.2) is 54.5 Å². The highest BCUT2D eigenvalue weighted by Crippen LogP contribution is 2.36. The standard InChI is InChI=1S/C17H18ClF3N4O3/c1-24-7-8(11-6-12(18)23-25(11)2)13(16(24)27)15(26)22-10-5-3-4-9(19)14(10)28-17(20)21/h3-6,8,12-13,17,23H,7H2,1-2H3,(H,22,26)/t8-,12?,13+/m1/s1. The van der Waals surface area contributed by atoms with Gasteiger partial charge in [0.15, 0.2) is 11.6 Å². The quantitative estimate of drug-likeness (QED) is 0.434. The van der Waals surface area contributed by atoms with E-state index in [-0.39, 0.29) is 12.2 Å². The summed E-state index contributed by atoms with van der Waals surface area (Å²) < 4.78 is 43.2. The fraction of sp³-hybridized carbons (Fsp3) is 0.412. The van der Waals surface area contributed by atoms with E-state index < -0.39 is 47.3 Å². The highest BCUT2D eigenvalue weighted by Gasteiger charge is 2.47. The van der Waals surface area contributed by atoms with Crippen LogP contribution < -0.4 is 15.5 Å². The van der Waals surface area contributed by atoms with Gasteiger partial charge in [-0.15, -0.1) is 0 Å². The summed E-state index contributed by atoms with van der Waals surface area (Å²) >= 11 is 6.04. The minimum absolute atomic E-state index is 0.266. The van der Waals surface area contributed by atoms with E-state index in [1.807, 2.05) is 0 Å². The average Bonchev–Trinajstić information content (AvgIpc) is 3.09. The number of para-hydroxylation sites is 1.